The molecule has 2 aliphatic rings. The van der Waals surface area contributed by atoms with Gasteiger partial charge in [-0.3, -0.25) is 9.59 Å². The molecule has 0 bridgehead atoms. The lowest BCUT2D eigenvalue weighted by Gasteiger charge is -2.45. The molecule has 0 radical (unpaired) electrons. The van der Waals surface area contributed by atoms with Crippen LogP contribution in [0.5, 0.6) is 5.75 Å². The van der Waals surface area contributed by atoms with Crippen LogP contribution in [0.2, 0.25) is 0 Å². The number of phenolic OH excluding ortho intramolecular Hbond substituents is 1. The van der Waals surface area contributed by atoms with Crippen LogP contribution in [0, 0.1) is 0 Å². The van der Waals surface area contributed by atoms with Gasteiger partial charge in [0.15, 0.2) is 0 Å². The summed E-state index contributed by atoms with van der Waals surface area (Å²) < 4.78 is 5.24. The Morgan fingerprint density at radius 2 is 1.47 bits per heavy atom. The summed E-state index contributed by atoms with van der Waals surface area (Å²) >= 11 is 1.29. The van der Waals surface area contributed by atoms with E-state index in [-0.39, 0.29) is 5.75 Å². The second-order valence-electron chi connectivity index (χ2n) is 13.7. The molecule has 1 aromatic rings. The number of unbranched alkanes of at least 4 members (excludes halogenated alkanes) is 4. The Labute approximate surface area is 297 Å². The van der Waals surface area contributed by atoms with Gasteiger partial charge in [-0.15, -0.1) is 11.8 Å². The molecule has 11 nitrogen and oxygen atoms in total. The standard InChI is InChI=1S/C21H25N3O7S.C16H36N/c1-10(9-13(26)31-4)22-14(11-5-7-12(25)8-6-11)17(27)23-15-18(28)24-16(20(29)30)21(2,3)32-19(15)24;1-5-9-13-17(14-10-6-2,15-11-7-3)16-12-8-4/h5-9,14-16,19,22,25H,1-4H3,(H,23,27)(H,29,30);5-16H2,1-4H3/q;+1/p-1/t14?,15-,16+,19-;/m1./s1. The third kappa shape index (κ3) is 11.7. The number of amides is 2. The first-order valence-corrected chi connectivity index (χ1v) is 18.8. The van der Waals surface area contributed by atoms with Gasteiger partial charge < -0.3 is 39.8 Å². The lowest BCUT2D eigenvalue weighted by Crippen LogP contribution is -2.72. The highest BCUT2D eigenvalue weighted by Crippen LogP contribution is 2.50. The molecule has 0 saturated carbocycles. The molecule has 2 heterocycles. The molecule has 3 rings (SSSR count). The number of rotatable bonds is 19. The number of thioether (sulfide) groups is 1. The normalized spacial score (nSPS) is 20.3. The molecule has 1 unspecified atom stereocenters. The largest absolute Gasteiger partial charge is 0.548 e. The van der Waals surface area contributed by atoms with Crippen LogP contribution in [0.25, 0.3) is 0 Å². The third-order valence-electron chi connectivity index (χ3n) is 9.30. The molecule has 276 valence electrons. The van der Waals surface area contributed by atoms with Crippen molar-refractivity contribution < 1.29 is 38.6 Å². The van der Waals surface area contributed by atoms with Gasteiger partial charge in [-0.2, -0.15) is 0 Å². The monoisotopic (exact) mass is 704 g/mol. The Hall–Kier alpha value is -3.25. The topological polar surface area (TPSA) is 148 Å². The minimum atomic E-state index is -1.34. The van der Waals surface area contributed by atoms with Crippen LogP contribution < -0.4 is 15.7 Å². The van der Waals surface area contributed by atoms with Crippen molar-refractivity contribution in [1.29, 1.82) is 0 Å². The number of hydrogen-bond donors (Lipinski definition) is 3. The molecule has 2 aliphatic heterocycles. The highest BCUT2D eigenvalue weighted by molar-refractivity contribution is 8.01. The number of benzene rings is 1. The van der Waals surface area contributed by atoms with Crippen LogP contribution in [0.1, 0.15) is 111 Å². The molecule has 0 aliphatic carbocycles. The van der Waals surface area contributed by atoms with E-state index >= 15 is 0 Å². The maximum Gasteiger partial charge on any atom is 0.332 e. The van der Waals surface area contributed by atoms with Crippen molar-refractivity contribution in [2.75, 3.05) is 33.3 Å². The van der Waals surface area contributed by atoms with Gasteiger partial charge in [0, 0.05) is 16.5 Å². The smallest absolute Gasteiger partial charge is 0.332 e. The van der Waals surface area contributed by atoms with Gasteiger partial charge >= 0.3 is 5.97 Å². The van der Waals surface area contributed by atoms with E-state index in [0.29, 0.717) is 11.3 Å². The van der Waals surface area contributed by atoms with Crippen molar-refractivity contribution in [1.82, 2.24) is 15.5 Å². The summed E-state index contributed by atoms with van der Waals surface area (Å²) in [5.74, 6) is -2.99. The average Bonchev–Trinajstić information content (AvgIpc) is 3.33. The lowest BCUT2D eigenvalue weighted by atomic mass is 9.95. The molecular formula is C37H60N4O7S. The number of quaternary nitrogens is 1. The molecular weight excluding hydrogens is 644 g/mol. The fourth-order valence-corrected chi connectivity index (χ4v) is 8.10. The summed E-state index contributed by atoms with van der Waals surface area (Å²) in [4.78, 5) is 50.1. The van der Waals surface area contributed by atoms with Crippen molar-refractivity contribution in [3.8, 4) is 5.75 Å². The van der Waals surface area contributed by atoms with Gasteiger partial charge in [-0.05, 0) is 64.2 Å². The van der Waals surface area contributed by atoms with E-state index in [1.807, 2.05) is 0 Å². The van der Waals surface area contributed by atoms with Gasteiger partial charge in [0.05, 0.1) is 45.3 Å². The summed E-state index contributed by atoms with van der Waals surface area (Å²) in [6.07, 6.45) is 12.2. The Bertz CT molecular complexity index is 1230. The van der Waals surface area contributed by atoms with Crippen molar-refractivity contribution in [3.63, 3.8) is 0 Å². The van der Waals surface area contributed by atoms with E-state index in [9.17, 15) is 29.4 Å². The van der Waals surface area contributed by atoms with Gasteiger partial charge in [-0.25, -0.2) is 4.79 Å². The number of methoxy groups -OCH3 is 1. The first-order chi connectivity index (χ1) is 23.2. The number of aromatic hydroxyl groups is 1. The van der Waals surface area contributed by atoms with Gasteiger partial charge in [-0.1, -0.05) is 65.5 Å². The summed E-state index contributed by atoms with van der Waals surface area (Å²) in [7, 11) is 1.23. The molecule has 12 heteroatoms. The molecule has 4 atom stereocenters. The van der Waals surface area contributed by atoms with E-state index in [1.165, 1.54) is 136 Å². The number of fused-ring (bicyclic) bond motifs is 1. The highest BCUT2D eigenvalue weighted by atomic mass is 32.2. The predicted molar refractivity (Wildman–Crippen MR) is 192 cm³/mol. The van der Waals surface area contributed by atoms with Crippen molar-refractivity contribution in [2.45, 2.75) is 128 Å². The van der Waals surface area contributed by atoms with Crippen LogP contribution in [-0.4, -0.2) is 93.7 Å². The van der Waals surface area contributed by atoms with Crippen molar-refractivity contribution >= 4 is 35.5 Å². The molecule has 2 saturated heterocycles. The van der Waals surface area contributed by atoms with Crippen molar-refractivity contribution in [3.05, 3.63) is 41.6 Å². The number of nitrogens with zero attached hydrogens (tertiary/aromatic N) is 2. The maximum absolute atomic E-state index is 13.1. The number of aliphatic carboxylic acids is 1. The number of esters is 1. The first-order valence-electron chi connectivity index (χ1n) is 17.9. The predicted octanol–water partition coefficient (Wildman–Crippen LogP) is 4.40. The molecule has 2 amide bonds. The SMILES string of the molecule is CCCC[N+](CCCC)(CCCC)CCCC.COC(=O)C=C(C)NC(C(=O)N[C@@H]1C(=O)N2[C@@H]1SC(C)(C)[C@@H]2C(=O)[O-])c1ccc(O)cc1. The Morgan fingerprint density at radius 3 is 1.90 bits per heavy atom. The number of β-lactam (4-membered cyclic amide) rings is 1. The van der Waals surface area contributed by atoms with E-state index in [4.69, 9.17) is 0 Å². The second kappa shape index (κ2) is 19.8. The van der Waals surface area contributed by atoms with E-state index in [2.05, 4.69) is 43.1 Å². The Kier molecular flexibility index (Phi) is 17.0. The van der Waals surface area contributed by atoms with Gasteiger partial charge in [0.2, 0.25) is 11.8 Å². The van der Waals surface area contributed by atoms with Crippen LogP contribution in [0.3, 0.4) is 0 Å². The van der Waals surface area contributed by atoms with Crippen LogP contribution in [-0.2, 0) is 23.9 Å². The number of phenols is 1. The zero-order chi connectivity index (χ0) is 36.8. The molecule has 2 fully saturated rings. The molecule has 0 spiro atoms. The number of carbonyl (C=O) groups excluding carboxylic acids is 4. The lowest BCUT2D eigenvalue weighted by molar-refractivity contribution is -0.929. The minimum Gasteiger partial charge on any atom is -0.548 e. The van der Waals surface area contributed by atoms with Crippen LogP contribution in [0.4, 0.5) is 0 Å². The molecule has 49 heavy (non-hydrogen) atoms. The van der Waals surface area contributed by atoms with Gasteiger partial charge in [0.1, 0.15) is 23.2 Å². The van der Waals surface area contributed by atoms with E-state index < -0.39 is 52.0 Å². The fraction of sp³-hybridized carbons (Fsp3) is 0.676. The van der Waals surface area contributed by atoms with Crippen LogP contribution in [0.15, 0.2) is 36.0 Å². The average molecular weight is 705 g/mol. The summed E-state index contributed by atoms with van der Waals surface area (Å²) in [6, 6.07) is 2.91. The fourth-order valence-electron chi connectivity index (χ4n) is 6.48. The maximum atomic E-state index is 13.1. The first kappa shape index (κ1) is 41.9. The van der Waals surface area contributed by atoms with Crippen molar-refractivity contribution in [2.24, 2.45) is 0 Å². The summed E-state index contributed by atoms with van der Waals surface area (Å²) in [5.41, 5.74) is 0.827. The molecule has 3 N–H and O–H groups in total. The van der Waals surface area contributed by atoms with E-state index in [0.717, 1.165) is 0 Å². The quantitative estimate of drug-likeness (QED) is 0.0825. The summed E-state index contributed by atoms with van der Waals surface area (Å²) in [6.45, 7) is 20.0. The third-order valence-corrected chi connectivity index (χ3v) is 10.9. The zero-order valence-electron chi connectivity index (χ0n) is 30.9. The number of carboxylic acids is 1. The minimum absolute atomic E-state index is 0.0115. The zero-order valence-corrected chi connectivity index (χ0v) is 31.7. The van der Waals surface area contributed by atoms with Gasteiger partial charge in [0.25, 0.3) is 0 Å². The van der Waals surface area contributed by atoms with E-state index in [1.54, 1.807) is 20.8 Å². The molecule has 1 aromatic carbocycles. The number of nitrogens with one attached hydrogen (secondary N) is 2. The summed E-state index contributed by atoms with van der Waals surface area (Å²) in [5, 5.41) is 26.2. The highest BCUT2D eigenvalue weighted by Gasteiger charge is 2.62. The number of carbonyl (C=O) groups is 4. The Balaban J connectivity index is 0.000000417. The van der Waals surface area contributed by atoms with Crippen LogP contribution >= 0.6 is 11.8 Å². The number of ether oxygens (including phenoxy) is 1. The number of allylic oxidation sites excluding steroid dienone is 1. The second-order valence-corrected chi connectivity index (χ2v) is 15.5. The molecule has 0 aromatic heterocycles. The number of hydrogen-bond acceptors (Lipinski definition) is 9. The Morgan fingerprint density at radius 1 is 0.980 bits per heavy atom. The number of carboxylic acid groups (broad SMARTS) is 1.